The zero-order valence-electron chi connectivity index (χ0n) is 11.5. The van der Waals surface area contributed by atoms with Gasteiger partial charge in [0.05, 0.1) is 17.6 Å². The molecule has 0 amide bonds. The van der Waals surface area contributed by atoms with Crippen LogP contribution in [0.2, 0.25) is 0 Å². The average molecular weight is 281 g/mol. The molecule has 3 heterocycles. The molecule has 2 aromatic heterocycles. The Hall–Kier alpha value is -2.88. The minimum Gasteiger partial charge on any atom is -0.396 e. The van der Waals surface area contributed by atoms with Crippen LogP contribution in [0, 0.1) is 11.3 Å². The summed E-state index contributed by atoms with van der Waals surface area (Å²) in [6.45, 7) is 3.18. The van der Waals surface area contributed by atoms with Gasteiger partial charge in [-0.25, -0.2) is 9.97 Å². The van der Waals surface area contributed by atoms with E-state index in [2.05, 4.69) is 30.8 Å². The smallest absolute Gasteiger partial charge is 0.183 e. The average Bonchev–Trinajstić information content (AvgIpc) is 2.55. The molecule has 1 saturated heterocycles. The SMILES string of the molecule is N#Cc1nccnc1N1CCN(c2ccncc2N)CC1. The van der Waals surface area contributed by atoms with Crippen molar-refractivity contribution in [3.8, 4) is 6.07 Å². The molecule has 0 saturated carbocycles. The number of hydrogen-bond acceptors (Lipinski definition) is 7. The van der Waals surface area contributed by atoms with Crippen LogP contribution in [0.5, 0.6) is 0 Å². The van der Waals surface area contributed by atoms with Gasteiger partial charge >= 0.3 is 0 Å². The monoisotopic (exact) mass is 281 g/mol. The number of hydrogen-bond donors (Lipinski definition) is 1. The molecule has 0 spiro atoms. The molecule has 0 bridgehead atoms. The fourth-order valence-corrected chi connectivity index (χ4v) is 2.49. The van der Waals surface area contributed by atoms with E-state index in [-0.39, 0.29) is 0 Å². The standard InChI is InChI=1S/C14H15N7/c15-9-12-14(19-4-3-18-12)21-7-5-20(6-8-21)13-1-2-17-10-11(13)16/h1-4,10H,5-8,16H2. The normalized spacial score (nSPS) is 14.8. The zero-order valence-corrected chi connectivity index (χ0v) is 11.5. The van der Waals surface area contributed by atoms with Gasteiger partial charge in [0, 0.05) is 44.8 Å². The highest BCUT2D eigenvalue weighted by atomic mass is 15.3. The van der Waals surface area contributed by atoms with Crippen LogP contribution in [0.25, 0.3) is 0 Å². The molecule has 0 unspecified atom stereocenters. The molecule has 7 heteroatoms. The molecule has 2 aromatic rings. The maximum Gasteiger partial charge on any atom is 0.183 e. The Kier molecular flexibility index (Phi) is 3.51. The summed E-state index contributed by atoms with van der Waals surface area (Å²) in [4.78, 5) is 16.6. The Morgan fingerprint density at radius 3 is 2.48 bits per heavy atom. The maximum atomic E-state index is 9.10. The number of rotatable bonds is 2. The van der Waals surface area contributed by atoms with E-state index in [0.717, 1.165) is 31.9 Å². The Morgan fingerprint density at radius 1 is 1.05 bits per heavy atom. The van der Waals surface area contributed by atoms with Crippen LogP contribution >= 0.6 is 0 Å². The summed E-state index contributed by atoms with van der Waals surface area (Å²) in [5.74, 6) is 0.655. The molecule has 0 aromatic carbocycles. The first kappa shape index (κ1) is 13.1. The fourth-order valence-electron chi connectivity index (χ4n) is 2.49. The molecule has 3 rings (SSSR count). The van der Waals surface area contributed by atoms with Gasteiger partial charge in [0.15, 0.2) is 11.5 Å². The van der Waals surface area contributed by atoms with Crippen molar-refractivity contribution in [3.05, 3.63) is 36.5 Å². The van der Waals surface area contributed by atoms with Crippen LogP contribution < -0.4 is 15.5 Å². The topological polar surface area (TPSA) is 95.0 Å². The minimum atomic E-state index is 0.370. The highest BCUT2D eigenvalue weighted by Crippen LogP contribution is 2.24. The molecule has 2 N–H and O–H groups in total. The third kappa shape index (κ3) is 2.56. The predicted octanol–water partition coefficient (Wildman–Crippen LogP) is 0.652. The lowest BCUT2D eigenvalue weighted by atomic mass is 10.2. The number of pyridine rings is 1. The molecule has 1 fully saturated rings. The van der Waals surface area contributed by atoms with Crippen molar-refractivity contribution >= 4 is 17.2 Å². The van der Waals surface area contributed by atoms with Crippen LogP contribution in [0.3, 0.4) is 0 Å². The lowest BCUT2D eigenvalue weighted by Gasteiger charge is -2.37. The van der Waals surface area contributed by atoms with Gasteiger partial charge in [0.2, 0.25) is 0 Å². The van der Waals surface area contributed by atoms with Crippen LogP contribution in [-0.2, 0) is 0 Å². The van der Waals surface area contributed by atoms with Gasteiger partial charge in [-0.1, -0.05) is 0 Å². The zero-order chi connectivity index (χ0) is 14.7. The number of nitrogens with two attached hydrogens (primary N) is 1. The van der Waals surface area contributed by atoms with Gasteiger partial charge in [0.25, 0.3) is 0 Å². The van der Waals surface area contributed by atoms with E-state index in [1.54, 1.807) is 18.6 Å². The molecule has 1 aliphatic heterocycles. The van der Waals surface area contributed by atoms with Crippen LogP contribution in [-0.4, -0.2) is 41.1 Å². The van der Waals surface area contributed by atoms with E-state index >= 15 is 0 Å². The van der Waals surface area contributed by atoms with Crippen LogP contribution in [0.1, 0.15) is 5.69 Å². The second-order valence-electron chi connectivity index (χ2n) is 4.75. The van der Waals surface area contributed by atoms with E-state index in [1.165, 1.54) is 6.20 Å². The van der Waals surface area contributed by atoms with Gasteiger partial charge in [0.1, 0.15) is 6.07 Å². The first-order valence-electron chi connectivity index (χ1n) is 6.70. The van der Waals surface area contributed by atoms with E-state index < -0.39 is 0 Å². The molecular weight excluding hydrogens is 266 g/mol. The van der Waals surface area contributed by atoms with Crippen molar-refractivity contribution < 1.29 is 0 Å². The van der Waals surface area contributed by atoms with Gasteiger partial charge in [-0.15, -0.1) is 0 Å². The summed E-state index contributed by atoms with van der Waals surface area (Å²) in [6.07, 6.45) is 6.56. The lowest BCUT2D eigenvalue weighted by molar-refractivity contribution is 0.646. The summed E-state index contributed by atoms with van der Waals surface area (Å²) in [7, 11) is 0. The quantitative estimate of drug-likeness (QED) is 0.863. The van der Waals surface area contributed by atoms with Crippen molar-refractivity contribution in [1.29, 1.82) is 5.26 Å². The maximum absolute atomic E-state index is 9.10. The van der Waals surface area contributed by atoms with E-state index in [1.807, 2.05) is 6.07 Å². The molecule has 0 radical (unpaired) electrons. The van der Waals surface area contributed by atoms with Gasteiger partial charge in [-0.2, -0.15) is 5.26 Å². The molecule has 0 atom stereocenters. The first-order valence-corrected chi connectivity index (χ1v) is 6.70. The number of nitriles is 1. The van der Waals surface area contributed by atoms with Gasteiger partial charge in [-0.3, -0.25) is 4.98 Å². The molecule has 1 aliphatic rings. The van der Waals surface area contributed by atoms with Crippen LogP contribution in [0.15, 0.2) is 30.9 Å². The Labute approximate surface area is 122 Å². The number of piperazine rings is 1. The van der Waals surface area contributed by atoms with Gasteiger partial charge < -0.3 is 15.5 Å². The second-order valence-corrected chi connectivity index (χ2v) is 4.75. The summed E-state index contributed by atoms with van der Waals surface area (Å²) in [6, 6.07) is 4.01. The minimum absolute atomic E-state index is 0.370. The van der Waals surface area contributed by atoms with Crippen molar-refractivity contribution in [3.63, 3.8) is 0 Å². The molecule has 7 nitrogen and oxygen atoms in total. The van der Waals surface area contributed by atoms with Crippen molar-refractivity contribution in [2.45, 2.75) is 0 Å². The third-order valence-electron chi connectivity index (χ3n) is 3.53. The first-order chi connectivity index (χ1) is 10.3. The Bertz CT molecular complexity index is 671. The molecule has 106 valence electrons. The summed E-state index contributed by atoms with van der Waals surface area (Å²) in [5.41, 5.74) is 8.02. The molecule has 21 heavy (non-hydrogen) atoms. The van der Waals surface area contributed by atoms with Crippen LogP contribution in [0.4, 0.5) is 17.2 Å². The van der Waals surface area contributed by atoms with E-state index in [9.17, 15) is 0 Å². The molecular formula is C14H15N7. The Balaban J connectivity index is 1.74. The number of nitrogen functional groups attached to an aromatic ring is 1. The molecule has 0 aliphatic carbocycles. The van der Waals surface area contributed by atoms with Gasteiger partial charge in [-0.05, 0) is 6.07 Å². The fraction of sp³-hybridized carbons (Fsp3) is 0.286. The third-order valence-corrected chi connectivity index (χ3v) is 3.53. The Morgan fingerprint density at radius 2 is 1.76 bits per heavy atom. The summed E-state index contributed by atoms with van der Waals surface area (Å²) in [5, 5.41) is 9.10. The number of anilines is 3. The number of nitrogens with zero attached hydrogens (tertiary/aromatic N) is 6. The second kappa shape index (κ2) is 5.63. The number of aromatic nitrogens is 3. The van der Waals surface area contributed by atoms with Crippen molar-refractivity contribution in [1.82, 2.24) is 15.0 Å². The van der Waals surface area contributed by atoms with E-state index in [0.29, 0.717) is 17.2 Å². The lowest BCUT2D eigenvalue weighted by Crippen LogP contribution is -2.47. The summed E-state index contributed by atoms with van der Waals surface area (Å²) >= 11 is 0. The van der Waals surface area contributed by atoms with Crippen molar-refractivity contribution in [2.24, 2.45) is 0 Å². The predicted molar refractivity (Wildman–Crippen MR) is 79.8 cm³/mol. The largest absolute Gasteiger partial charge is 0.396 e. The van der Waals surface area contributed by atoms with E-state index in [4.69, 9.17) is 11.0 Å². The highest BCUT2D eigenvalue weighted by Gasteiger charge is 2.21. The highest BCUT2D eigenvalue weighted by molar-refractivity contribution is 5.66. The summed E-state index contributed by atoms with van der Waals surface area (Å²) < 4.78 is 0. The van der Waals surface area contributed by atoms with Crippen molar-refractivity contribution in [2.75, 3.05) is 41.7 Å².